The quantitative estimate of drug-likeness (QED) is 0.749. The van der Waals surface area contributed by atoms with Crippen LogP contribution in [0.5, 0.6) is 0 Å². The lowest BCUT2D eigenvalue weighted by Gasteiger charge is -2.40. The van der Waals surface area contributed by atoms with E-state index >= 15 is 0 Å². The van der Waals surface area contributed by atoms with Crippen molar-refractivity contribution in [3.05, 3.63) is 0 Å². The first kappa shape index (κ1) is 13.9. The van der Waals surface area contributed by atoms with Gasteiger partial charge in [-0.1, -0.05) is 13.8 Å². The van der Waals surface area contributed by atoms with Crippen LogP contribution < -0.4 is 5.32 Å². The first-order valence-corrected chi connectivity index (χ1v) is 6.65. The van der Waals surface area contributed by atoms with Gasteiger partial charge in [-0.3, -0.25) is 4.90 Å². The van der Waals surface area contributed by atoms with Crippen molar-refractivity contribution in [3.8, 4) is 0 Å². The number of hydrogen-bond acceptors (Lipinski definition) is 3. The number of nitrogens with zero attached hydrogens (tertiary/aromatic N) is 1. The molecule has 1 saturated heterocycles. The zero-order valence-corrected chi connectivity index (χ0v) is 11.3. The fourth-order valence-electron chi connectivity index (χ4n) is 2.56. The van der Waals surface area contributed by atoms with Crippen molar-refractivity contribution in [1.29, 1.82) is 0 Å². The molecule has 0 aromatic rings. The van der Waals surface area contributed by atoms with Crippen molar-refractivity contribution in [2.75, 3.05) is 33.4 Å². The van der Waals surface area contributed by atoms with E-state index in [0.717, 1.165) is 19.1 Å². The minimum absolute atomic E-state index is 0.555. The fourth-order valence-corrected chi connectivity index (χ4v) is 2.56. The van der Waals surface area contributed by atoms with E-state index in [0.29, 0.717) is 12.1 Å². The fraction of sp³-hybridized carbons (Fsp3) is 1.00. The summed E-state index contributed by atoms with van der Waals surface area (Å²) in [6.45, 7) is 11.3. The number of methoxy groups -OCH3 is 1. The molecule has 3 atom stereocenters. The summed E-state index contributed by atoms with van der Waals surface area (Å²) in [6.07, 6.45) is 2.50. The summed E-state index contributed by atoms with van der Waals surface area (Å²) in [4.78, 5) is 2.55. The molecule has 1 aliphatic heterocycles. The van der Waals surface area contributed by atoms with Crippen LogP contribution in [0.4, 0.5) is 0 Å². The van der Waals surface area contributed by atoms with Crippen LogP contribution in [-0.4, -0.2) is 50.3 Å². The number of ether oxygens (including phenoxy) is 1. The molecule has 1 aliphatic rings. The van der Waals surface area contributed by atoms with E-state index in [9.17, 15) is 0 Å². The van der Waals surface area contributed by atoms with E-state index in [1.807, 2.05) is 0 Å². The number of rotatable bonds is 6. The van der Waals surface area contributed by atoms with Gasteiger partial charge in [0, 0.05) is 32.3 Å². The maximum atomic E-state index is 5.23. The van der Waals surface area contributed by atoms with Gasteiger partial charge in [0.25, 0.3) is 0 Å². The highest BCUT2D eigenvalue weighted by Crippen LogP contribution is 2.18. The Kier molecular flexibility index (Phi) is 6.32. The molecule has 1 N–H and O–H groups in total. The van der Waals surface area contributed by atoms with Crippen molar-refractivity contribution < 1.29 is 4.74 Å². The second-order valence-corrected chi connectivity index (χ2v) is 5.13. The minimum Gasteiger partial charge on any atom is -0.383 e. The Labute approximate surface area is 101 Å². The number of piperidine rings is 1. The zero-order valence-electron chi connectivity index (χ0n) is 11.3. The van der Waals surface area contributed by atoms with E-state index in [4.69, 9.17) is 4.74 Å². The third-order valence-corrected chi connectivity index (χ3v) is 3.62. The largest absolute Gasteiger partial charge is 0.383 e. The van der Waals surface area contributed by atoms with Gasteiger partial charge in [0.1, 0.15) is 0 Å². The lowest BCUT2D eigenvalue weighted by atomic mass is 9.93. The maximum absolute atomic E-state index is 5.23. The lowest BCUT2D eigenvalue weighted by Crippen LogP contribution is -2.51. The summed E-state index contributed by atoms with van der Waals surface area (Å²) in [5, 5.41) is 3.65. The average molecular weight is 228 g/mol. The first-order chi connectivity index (χ1) is 7.69. The molecule has 0 saturated carbocycles. The minimum atomic E-state index is 0.555. The molecule has 96 valence electrons. The predicted octanol–water partition coefficient (Wildman–Crippen LogP) is 1.73. The van der Waals surface area contributed by atoms with Crippen LogP contribution in [0.1, 0.15) is 33.6 Å². The molecule has 3 nitrogen and oxygen atoms in total. The van der Waals surface area contributed by atoms with E-state index in [1.165, 1.54) is 25.9 Å². The standard InChI is InChI=1S/C13H28N2O/c1-5-7-14-13-6-8-15(9-11(13)2)12(3)10-16-4/h11-14H,5-10H2,1-4H3. The van der Waals surface area contributed by atoms with Crippen LogP contribution in [0.2, 0.25) is 0 Å². The molecule has 1 heterocycles. The van der Waals surface area contributed by atoms with Gasteiger partial charge in [-0.05, 0) is 32.2 Å². The summed E-state index contributed by atoms with van der Waals surface area (Å²) < 4.78 is 5.23. The van der Waals surface area contributed by atoms with Gasteiger partial charge in [0.2, 0.25) is 0 Å². The molecule has 1 rings (SSSR count). The van der Waals surface area contributed by atoms with Crippen LogP contribution in [0.25, 0.3) is 0 Å². The predicted molar refractivity (Wildman–Crippen MR) is 68.8 cm³/mol. The van der Waals surface area contributed by atoms with Crippen molar-refractivity contribution in [1.82, 2.24) is 10.2 Å². The average Bonchev–Trinajstić information content (AvgIpc) is 2.27. The Balaban J connectivity index is 2.32. The summed E-state index contributed by atoms with van der Waals surface area (Å²) in [5.41, 5.74) is 0. The van der Waals surface area contributed by atoms with Crippen LogP contribution in [0, 0.1) is 5.92 Å². The molecule has 0 radical (unpaired) electrons. The van der Waals surface area contributed by atoms with E-state index in [1.54, 1.807) is 7.11 Å². The Morgan fingerprint density at radius 1 is 1.50 bits per heavy atom. The normalized spacial score (nSPS) is 29.2. The highest BCUT2D eigenvalue weighted by molar-refractivity contribution is 4.84. The molecule has 1 fully saturated rings. The summed E-state index contributed by atoms with van der Waals surface area (Å²) in [6, 6.07) is 1.27. The summed E-state index contributed by atoms with van der Waals surface area (Å²) in [5.74, 6) is 0.750. The second-order valence-electron chi connectivity index (χ2n) is 5.13. The molecule has 0 spiro atoms. The van der Waals surface area contributed by atoms with Crippen LogP contribution in [0.3, 0.4) is 0 Å². The number of likely N-dealkylation sites (tertiary alicyclic amines) is 1. The van der Waals surface area contributed by atoms with Gasteiger partial charge in [-0.15, -0.1) is 0 Å². The van der Waals surface area contributed by atoms with Crippen molar-refractivity contribution in [2.45, 2.75) is 45.7 Å². The van der Waals surface area contributed by atoms with Crippen molar-refractivity contribution >= 4 is 0 Å². The van der Waals surface area contributed by atoms with Crippen molar-refractivity contribution in [2.24, 2.45) is 5.92 Å². The molecule has 0 amide bonds. The highest BCUT2D eigenvalue weighted by atomic mass is 16.5. The summed E-state index contributed by atoms with van der Waals surface area (Å²) in [7, 11) is 1.79. The molecule has 0 bridgehead atoms. The Hall–Kier alpha value is -0.120. The molecule has 0 aromatic heterocycles. The lowest BCUT2D eigenvalue weighted by molar-refractivity contribution is 0.0593. The molecular weight excluding hydrogens is 200 g/mol. The second kappa shape index (κ2) is 7.25. The SMILES string of the molecule is CCCNC1CCN(C(C)COC)CC1C. The Morgan fingerprint density at radius 2 is 2.25 bits per heavy atom. The van der Waals surface area contributed by atoms with Gasteiger partial charge >= 0.3 is 0 Å². The third-order valence-electron chi connectivity index (χ3n) is 3.62. The monoisotopic (exact) mass is 228 g/mol. The first-order valence-electron chi connectivity index (χ1n) is 6.65. The van der Waals surface area contributed by atoms with Gasteiger partial charge < -0.3 is 10.1 Å². The van der Waals surface area contributed by atoms with E-state index < -0.39 is 0 Å². The smallest absolute Gasteiger partial charge is 0.0615 e. The number of nitrogens with one attached hydrogen (secondary N) is 1. The van der Waals surface area contributed by atoms with Crippen molar-refractivity contribution in [3.63, 3.8) is 0 Å². The van der Waals surface area contributed by atoms with E-state index in [2.05, 4.69) is 31.0 Å². The van der Waals surface area contributed by atoms with Crippen LogP contribution in [0.15, 0.2) is 0 Å². The number of hydrogen-bond donors (Lipinski definition) is 1. The molecule has 16 heavy (non-hydrogen) atoms. The van der Waals surface area contributed by atoms with Gasteiger partial charge in [0.15, 0.2) is 0 Å². The Morgan fingerprint density at radius 3 is 2.81 bits per heavy atom. The Bertz CT molecular complexity index is 187. The molecule has 3 heteroatoms. The zero-order chi connectivity index (χ0) is 12.0. The maximum Gasteiger partial charge on any atom is 0.0615 e. The third kappa shape index (κ3) is 4.04. The van der Waals surface area contributed by atoms with Crippen LogP contribution >= 0.6 is 0 Å². The topological polar surface area (TPSA) is 24.5 Å². The van der Waals surface area contributed by atoms with Gasteiger partial charge in [0.05, 0.1) is 6.61 Å². The summed E-state index contributed by atoms with van der Waals surface area (Å²) >= 11 is 0. The van der Waals surface area contributed by atoms with E-state index in [-0.39, 0.29) is 0 Å². The molecule has 0 aromatic carbocycles. The van der Waals surface area contributed by atoms with Crippen LogP contribution in [-0.2, 0) is 4.74 Å². The molecule has 0 aliphatic carbocycles. The molecule has 3 unspecified atom stereocenters. The van der Waals surface area contributed by atoms with Gasteiger partial charge in [-0.2, -0.15) is 0 Å². The molecular formula is C13H28N2O. The highest BCUT2D eigenvalue weighted by Gasteiger charge is 2.27. The van der Waals surface area contributed by atoms with Gasteiger partial charge in [-0.25, -0.2) is 0 Å².